The third-order valence-electron chi connectivity index (χ3n) is 2.08. The molecule has 0 amide bonds. The maximum atomic E-state index is 5.54. The highest BCUT2D eigenvalue weighted by molar-refractivity contribution is 5.13. The molecule has 0 unspecified atom stereocenters. The third kappa shape index (κ3) is 5.00. The van der Waals surface area contributed by atoms with Crippen molar-refractivity contribution in [3.63, 3.8) is 0 Å². The number of unbranched alkanes of at least 4 members (excludes halogenated alkanes) is 1. The molecule has 2 nitrogen and oxygen atoms in total. The van der Waals surface area contributed by atoms with Crippen LogP contribution in [0.1, 0.15) is 18.4 Å². The molecular formula is C12H19NO. The standard InChI is InChI=1S/C12H19NO/c1-13-9-5-6-10-14-11-12-7-3-2-4-8-12/h2-4,7-8,13H,5-6,9-11H2,1H3. The number of hydrogen-bond acceptors (Lipinski definition) is 2. The van der Waals surface area contributed by atoms with Crippen LogP contribution < -0.4 is 5.32 Å². The van der Waals surface area contributed by atoms with Crippen LogP contribution in [0.15, 0.2) is 30.3 Å². The SMILES string of the molecule is CNCCCCOCc1ccccc1. The van der Waals surface area contributed by atoms with E-state index in [0.29, 0.717) is 0 Å². The molecule has 0 heterocycles. The first-order chi connectivity index (χ1) is 6.93. The van der Waals surface area contributed by atoms with Gasteiger partial charge in [0, 0.05) is 6.61 Å². The molecule has 0 aromatic heterocycles. The molecule has 2 heteroatoms. The van der Waals surface area contributed by atoms with Gasteiger partial charge >= 0.3 is 0 Å². The predicted octanol–water partition coefficient (Wildman–Crippen LogP) is 2.20. The first-order valence-electron chi connectivity index (χ1n) is 5.20. The minimum atomic E-state index is 0.737. The van der Waals surface area contributed by atoms with Crippen molar-refractivity contribution in [2.45, 2.75) is 19.4 Å². The Hall–Kier alpha value is -0.860. The molecule has 0 aliphatic heterocycles. The molecule has 0 saturated carbocycles. The van der Waals surface area contributed by atoms with Crippen LogP contribution in [0.4, 0.5) is 0 Å². The Morgan fingerprint density at radius 3 is 2.64 bits per heavy atom. The van der Waals surface area contributed by atoms with Gasteiger partial charge in [0.15, 0.2) is 0 Å². The van der Waals surface area contributed by atoms with Gasteiger partial charge in [-0.05, 0) is 32.0 Å². The summed E-state index contributed by atoms with van der Waals surface area (Å²) in [5.74, 6) is 0. The van der Waals surface area contributed by atoms with Crippen LogP contribution in [-0.2, 0) is 11.3 Å². The number of benzene rings is 1. The highest BCUT2D eigenvalue weighted by atomic mass is 16.5. The second kappa shape index (κ2) is 7.54. The van der Waals surface area contributed by atoms with Gasteiger partial charge in [0.25, 0.3) is 0 Å². The summed E-state index contributed by atoms with van der Waals surface area (Å²) in [4.78, 5) is 0. The highest BCUT2D eigenvalue weighted by Crippen LogP contribution is 2.01. The maximum absolute atomic E-state index is 5.54. The predicted molar refractivity (Wildman–Crippen MR) is 59.3 cm³/mol. The van der Waals surface area contributed by atoms with Crippen molar-refractivity contribution in [2.24, 2.45) is 0 Å². The lowest BCUT2D eigenvalue weighted by Crippen LogP contribution is -2.08. The van der Waals surface area contributed by atoms with Crippen LogP contribution in [0.5, 0.6) is 0 Å². The van der Waals surface area contributed by atoms with Crippen molar-refractivity contribution >= 4 is 0 Å². The molecule has 0 atom stereocenters. The van der Waals surface area contributed by atoms with E-state index in [1.165, 1.54) is 12.0 Å². The number of ether oxygens (including phenoxy) is 1. The monoisotopic (exact) mass is 193 g/mol. The topological polar surface area (TPSA) is 21.3 Å². The molecule has 0 saturated heterocycles. The van der Waals surface area contributed by atoms with Crippen LogP contribution in [-0.4, -0.2) is 20.2 Å². The lowest BCUT2D eigenvalue weighted by atomic mass is 10.2. The lowest BCUT2D eigenvalue weighted by Gasteiger charge is -2.03. The highest BCUT2D eigenvalue weighted by Gasteiger charge is 1.91. The Kier molecular flexibility index (Phi) is 6.04. The summed E-state index contributed by atoms with van der Waals surface area (Å²) in [5.41, 5.74) is 1.25. The Balaban J connectivity index is 1.99. The van der Waals surface area contributed by atoms with E-state index < -0.39 is 0 Å². The minimum absolute atomic E-state index is 0.737. The van der Waals surface area contributed by atoms with Gasteiger partial charge in [0.2, 0.25) is 0 Å². The zero-order chi connectivity index (χ0) is 10.1. The largest absolute Gasteiger partial charge is 0.377 e. The molecule has 78 valence electrons. The number of hydrogen-bond donors (Lipinski definition) is 1. The number of nitrogens with one attached hydrogen (secondary N) is 1. The van der Waals surface area contributed by atoms with E-state index in [0.717, 1.165) is 26.2 Å². The van der Waals surface area contributed by atoms with E-state index in [-0.39, 0.29) is 0 Å². The molecule has 1 aromatic rings. The van der Waals surface area contributed by atoms with Crippen molar-refractivity contribution in [3.05, 3.63) is 35.9 Å². The molecule has 1 rings (SSSR count). The zero-order valence-corrected chi connectivity index (χ0v) is 8.83. The Labute approximate surface area is 86.3 Å². The summed E-state index contributed by atoms with van der Waals surface area (Å²) in [6, 6.07) is 10.3. The number of rotatable bonds is 7. The van der Waals surface area contributed by atoms with Crippen LogP contribution in [0.25, 0.3) is 0 Å². The van der Waals surface area contributed by atoms with Crippen LogP contribution in [0, 0.1) is 0 Å². The van der Waals surface area contributed by atoms with Crippen LogP contribution in [0.2, 0.25) is 0 Å². The summed E-state index contributed by atoms with van der Waals surface area (Å²) < 4.78 is 5.54. The van der Waals surface area contributed by atoms with Crippen LogP contribution >= 0.6 is 0 Å². The first kappa shape index (κ1) is 11.2. The molecule has 0 aliphatic carbocycles. The van der Waals surface area contributed by atoms with Gasteiger partial charge in [-0.25, -0.2) is 0 Å². The Morgan fingerprint density at radius 2 is 1.93 bits per heavy atom. The van der Waals surface area contributed by atoms with E-state index in [1.807, 2.05) is 25.2 Å². The normalized spacial score (nSPS) is 10.4. The van der Waals surface area contributed by atoms with Gasteiger partial charge < -0.3 is 10.1 Å². The van der Waals surface area contributed by atoms with E-state index in [4.69, 9.17) is 4.74 Å². The zero-order valence-electron chi connectivity index (χ0n) is 8.83. The van der Waals surface area contributed by atoms with Crippen molar-refractivity contribution in [1.82, 2.24) is 5.32 Å². The fourth-order valence-corrected chi connectivity index (χ4v) is 1.27. The summed E-state index contributed by atoms with van der Waals surface area (Å²) in [6.45, 7) is 2.67. The molecule has 14 heavy (non-hydrogen) atoms. The van der Waals surface area contributed by atoms with E-state index in [2.05, 4.69) is 17.4 Å². The fourth-order valence-electron chi connectivity index (χ4n) is 1.27. The summed E-state index contributed by atoms with van der Waals surface area (Å²) in [7, 11) is 1.98. The molecule has 1 N–H and O–H groups in total. The molecule has 0 aliphatic rings. The van der Waals surface area contributed by atoms with Crippen molar-refractivity contribution in [3.8, 4) is 0 Å². The molecule has 0 fully saturated rings. The van der Waals surface area contributed by atoms with Gasteiger partial charge in [-0.3, -0.25) is 0 Å². The van der Waals surface area contributed by atoms with Crippen molar-refractivity contribution < 1.29 is 4.74 Å². The van der Waals surface area contributed by atoms with E-state index in [9.17, 15) is 0 Å². The summed E-state index contributed by atoms with van der Waals surface area (Å²) >= 11 is 0. The second-order valence-electron chi connectivity index (χ2n) is 3.35. The summed E-state index contributed by atoms with van der Waals surface area (Å²) in [6.07, 6.45) is 2.32. The van der Waals surface area contributed by atoms with E-state index >= 15 is 0 Å². The first-order valence-corrected chi connectivity index (χ1v) is 5.20. The lowest BCUT2D eigenvalue weighted by molar-refractivity contribution is 0.117. The van der Waals surface area contributed by atoms with E-state index in [1.54, 1.807) is 0 Å². The van der Waals surface area contributed by atoms with Gasteiger partial charge in [0.05, 0.1) is 6.61 Å². The average molecular weight is 193 g/mol. The van der Waals surface area contributed by atoms with Crippen LogP contribution in [0.3, 0.4) is 0 Å². The Morgan fingerprint density at radius 1 is 1.14 bits per heavy atom. The van der Waals surface area contributed by atoms with Crippen molar-refractivity contribution in [2.75, 3.05) is 20.2 Å². The molecule has 0 radical (unpaired) electrons. The minimum Gasteiger partial charge on any atom is -0.377 e. The Bertz CT molecular complexity index is 223. The van der Waals surface area contributed by atoms with Gasteiger partial charge in [-0.2, -0.15) is 0 Å². The molecule has 1 aromatic carbocycles. The molecule has 0 bridgehead atoms. The van der Waals surface area contributed by atoms with Gasteiger partial charge in [0.1, 0.15) is 0 Å². The smallest absolute Gasteiger partial charge is 0.0716 e. The average Bonchev–Trinajstić information content (AvgIpc) is 2.25. The second-order valence-corrected chi connectivity index (χ2v) is 3.35. The molecular weight excluding hydrogens is 174 g/mol. The molecule has 0 spiro atoms. The maximum Gasteiger partial charge on any atom is 0.0716 e. The van der Waals surface area contributed by atoms with Gasteiger partial charge in [-0.1, -0.05) is 30.3 Å². The van der Waals surface area contributed by atoms with Gasteiger partial charge in [-0.15, -0.1) is 0 Å². The third-order valence-corrected chi connectivity index (χ3v) is 2.08. The summed E-state index contributed by atoms with van der Waals surface area (Å²) in [5, 5.41) is 3.12. The van der Waals surface area contributed by atoms with Crippen molar-refractivity contribution in [1.29, 1.82) is 0 Å². The quantitative estimate of drug-likeness (QED) is 0.670. The fraction of sp³-hybridized carbons (Fsp3) is 0.500.